The summed E-state index contributed by atoms with van der Waals surface area (Å²) in [4.78, 5) is 0. The van der Waals surface area contributed by atoms with E-state index in [1.54, 1.807) is 36.7 Å². The van der Waals surface area contributed by atoms with E-state index in [2.05, 4.69) is 32.6 Å². The maximum atomic E-state index is 13.3. The second-order valence-corrected chi connectivity index (χ2v) is 6.75. The average molecular weight is 401 g/mol. The fourth-order valence-corrected chi connectivity index (χ4v) is 3.55. The van der Waals surface area contributed by atoms with Crippen molar-refractivity contribution in [3.8, 4) is 5.75 Å². The third kappa shape index (κ3) is 3.51. The third-order valence-corrected chi connectivity index (χ3v) is 4.97. The quantitative estimate of drug-likeness (QED) is 0.591. The van der Waals surface area contributed by atoms with Crippen molar-refractivity contribution >= 4 is 11.8 Å². The highest BCUT2D eigenvalue weighted by Crippen LogP contribution is 2.39. The van der Waals surface area contributed by atoms with E-state index in [1.807, 2.05) is 0 Å². The molecule has 0 amide bonds. The van der Waals surface area contributed by atoms with E-state index in [0.29, 0.717) is 0 Å². The molecule has 3 unspecified atom stereocenters. The molecule has 2 aliphatic rings. The van der Waals surface area contributed by atoms with Crippen molar-refractivity contribution in [2.45, 2.75) is 18.3 Å². The van der Waals surface area contributed by atoms with Gasteiger partial charge in [-0.15, -0.1) is 6.58 Å². The first-order valence-corrected chi connectivity index (χ1v) is 8.88. The van der Waals surface area contributed by atoms with Crippen LogP contribution >= 0.6 is 0 Å². The predicted octanol–water partition coefficient (Wildman–Crippen LogP) is 3.51. The SMILES string of the molecule is C=CC1NN=CC1C1=CNC(c2c[nH]nc2C(F)(F)F)C=C1c1ccc(O)cc1. The zero-order valence-electron chi connectivity index (χ0n) is 15.1. The average Bonchev–Trinajstić information content (AvgIpc) is 3.37. The number of hydrogen-bond acceptors (Lipinski definition) is 5. The number of phenolic OH excluding ortho intramolecular Hbond substituents is 1. The monoisotopic (exact) mass is 401 g/mol. The Morgan fingerprint density at radius 3 is 2.62 bits per heavy atom. The number of nitrogens with zero attached hydrogens (tertiary/aromatic N) is 2. The third-order valence-electron chi connectivity index (χ3n) is 4.97. The van der Waals surface area contributed by atoms with Crippen LogP contribution in [0, 0.1) is 5.92 Å². The number of alkyl halides is 3. The summed E-state index contributed by atoms with van der Waals surface area (Å²) >= 11 is 0. The van der Waals surface area contributed by atoms with Gasteiger partial charge in [0.15, 0.2) is 5.69 Å². The highest BCUT2D eigenvalue weighted by Gasteiger charge is 2.39. The smallest absolute Gasteiger partial charge is 0.435 e. The van der Waals surface area contributed by atoms with Gasteiger partial charge in [0.2, 0.25) is 0 Å². The van der Waals surface area contributed by atoms with E-state index >= 15 is 0 Å². The minimum atomic E-state index is -4.57. The Bertz CT molecular complexity index is 1000. The maximum absolute atomic E-state index is 13.3. The predicted molar refractivity (Wildman–Crippen MR) is 103 cm³/mol. The topological polar surface area (TPSA) is 85.3 Å². The van der Waals surface area contributed by atoms with E-state index in [1.165, 1.54) is 18.3 Å². The lowest BCUT2D eigenvalue weighted by atomic mass is 9.82. The van der Waals surface area contributed by atoms with Crippen molar-refractivity contribution in [3.05, 3.63) is 77.8 Å². The minimum absolute atomic E-state index is 0.00237. The number of nitrogens with one attached hydrogen (secondary N) is 3. The molecule has 1 aromatic heterocycles. The maximum Gasteiger partial charge on any atom is 0.435 e. The molecule has 150 valence electrons. The molecule has 0 aliphatic carbocycles. The number of aromatic nitrogens is 2. The molecule has 2 aromatic rings. The lowest BCUT2D eigenvalue weighted by Gasteiger charge is -2.28. The van der Waals surface area contributed by atoms with Gasteiger partial charge in [0.1, 0.15) is 5.75 Å². The fraction of sp³-hybridized carbons (Fsp3) is 0.200. The van der Waals surface area contributed by atoms with E-state index in [9.17, 15) is 18.3 Å². The summed E-state index contributed by atoms with van der Waals surface area (Å²) in [7, 11) is 0. The summed E-state index contributed by atoms with van der Waals surface area (Å²) in [6.45, 7) is 3.81. The molecule has 29 heavy (non-hydrogen) atoms. The molecule has 0 saturated carbocycles. The van der Waals surface area contributed by atoms with Crippen molar-refractivity contribution in [1.82, 2.24) is 20.9 Å². The number of phenols is 1. The second-order valence-electron chi connectivity index (χ2n) is 6.75. The lowest BCUT2D eigenvalue weighted by molar-refractivity contribution is -0.141. The number of H-pyrrole nitrogens is 1. The Labute approximate surface area is 164 Å². The highest BCUT2D eigenvalue weighted by atomic mass is 19.4. The largest absolute Gasteiger partial charge is 0.508 e. The summed E-state index contributed by atoms with van der Waals surface area (Å²) in [5, 5.41) is 22.4. The number of dihydropyridines is 1. The van der Waals surface area contributed by atoms with Crippen LogP contribution in [0.4, 0.5) is 13.2 Å². The van der Waals surface area contributed by atoms with Gasteiger partial charge in [-0.3, -0.25) is 5.10 Å². The Morgan fingerprint density at radius 2 is 1.93 bits per heavy atom. The van der Waals surface area contributed by atoms with Crippen molar-refractivity contribution < 1.29 is 18.3 Å². The molecule has 4 rings (SSSR count). The molecule has 1 aromatic carbocycles. The normalized spacial score (nSPS) is 23.8. The fourth-order valence-electron chi connectivity index (χ4n) is 3.55. The van der Waals surface area contributed by atoms with Gasteiger partial charge in [-0.25, -0.2) is 0 Å². The Morgan fingerprint density at radius 1 is 1.17 bits per heavy atom. The molecule has 0 fully saturated rings. The van der Waals surface area contributed by atoms with Crippen LogP contribution < -0.4 is 10.7 Å². The minimum Gasteiger partial charge on any atom is -0.508 e. The van der Waals surface area contributed by atoms with Crippen LogP contribution in [-0.4, -0.2) is 27.6 Å². The summed E-state index contributed by atoms with van der Waals surface area (Å²) in [6, 6.07) is 5.65. The first-order chi connectivity index (χ1) is 13.9. The molecule has 6 nitrogen and oxygen atoms in total. The van der Waals surface area contributed by atoms with Gasteiger partial charge < -0.3 is 15.8 Å². The standard InChI is InChI=1S/C20H18F3N5O/c1-2-17-15(9-25-27-17)14-8-24-18(16-10-26-28-19(16)20(21,22)23)7-13(14)11-3-5-12(29)6-4-11/h2-10,15,17-18,24,27,29H,1H2,(H,26,28). The van der Waals surface area contributed by atoms with E-state index in [-0.39, 0.29) is 23.3 Å². The van der Waals surface area contributed by atoms with Crippen molar-refractivity contribution in [2.75, 3.05) is 0 Å². The zero-order valence-corrected chi connectivity index (χ0v) is 15.1. The molecule has 0 bridgehead atoms. The first-order valence-electron chi connectivity index (χ1n) is 8.88. The van der Waals surface area contributed by atoms with Crippen LogP contribution in [0.3, 0.4) is 0 Å². The number of benzene rings is 1. The molecule has 9 heteroatoms. The Hall–Kier alpha value is -3.49. The van der Waals surface area contributed by atoms with E-state index in [4.69, 9.17) is 0 Å². The Balaban J connectivity index is 1.77. The van der Waals surface area contributed by atoms with Gasteiger partial charge in [0, 0.05) is 30.1 Å². The molecular formula is C20H18F3N5O. The number of aromatic hydroxyl groups is 1. The molecule has 0 spiro atoms. The van der Waals surface area contributed by atoms with Crippen molar-refractivity contribution in [3.63, 3.8) is 0 Å². The first kappa shape index (κ1) is 18.9. The molecule has 2 aliphatic heterocycles. The number of hydrogen-bond donors (Lipinski definition) is 4. The zero-order chi connectivity index (χ0) is 20.6. The van der Waals surface area contributed by atoms with Crippen LogP contribution in [0.15, 0.2) is 66.1 Å². The number of rotatable bonds is 4. The molecule has 3 atom stereocenters. The van der Waals surface area contributed by atoms with E-state index < -0.39 is 17.9 Å². The highest BCUT2D eigenvalue weighted by molar-refractivity contribution is 5.87. The van der Waals surface area contributed by atoms with Crippen molar-refractivity contribution in [1.29, 1.82) is 0 Å². The Kier molecular flexibility index (Phi) is 4.65. The molecule has 4 N–H and O–H groups in total. The molecular weight excluding hydrogens is 383 g/mol. The van der Waals surface area contributed by atoms with Gasteiger partial charge in [-0.2, -0.15) is 23.4 Å². The van der Waals surface area contributed by atoms with Crippen LogP contribution in [0.25, 0.3) is 5.57 Å². The molecule has 0 saturated heterocycles. The number of hydrazone groups is 1. The van der Waals surface area contributed by atoms with Crippen molar-refractivity contribution in [2.24, 2.45) is 11.0 Å². The number of halogens is 3. The lowest BCUT2D eigenvalue weighted by Crippen LogP contribution is -2.30. The number of aromatic amines is 1. The van der Waals surface area contributed by atoms with Crippen LogP contribution in [0.5, 0.6) is 5.75 Å². The summed E-state index contributed by atoms with van der Waals surface area (Å²) in [5.74, 6) is -0.0416. The summed E-state index contributed by atoms with van der Waals surface area (Å²) in [6.07, 6.45) is 3.59. The van der Waals surface area contributed by atoms with Gasteiger partial charge in [-0.1, -0.05) is 18.2 Å². The van der Waals surface area contributed by atoms with E-state index in [0.717, 1.165) is 16.7 Å². The summed E-state index contributed by atoms with van der Waals surface area (Å²) < 4.78 is 39.9. The van der Waals surface area contributed by atoms with Gasteiger partial charge in [0.05, 0.1) is 12.1 Å². The van der Waals surface area contributed by atoms with Crippen LogP contribution in [0.1, 0.15) is 22.9 Å². The van der Waals surface area contributed by atoms with Gasteiger partial charge in [-0.05, 0) is 34.9 Å². The molecule has 0 radical (unpaired) electrons. The second kappa shape index (κ2) is 7.16. The van der Waals surface area contributed by atoms with Crippen LogP contribution in [-0.2, 0) is 6.18 Å². The van der Waals surface area contributed by atoms with Gasteiger partial charge >= 0.3 is 6.18 Å². The van der Waals surface area contributed by atoms with Gasteiger partial charge in [0.25, 0.3) is 0 Å². The molecule has 3 heterocycles. The summed E-state index contributed by atoms with van der Waals surface area (Å²) in [5.41, 5.74) is 4.36. The number of allylic oxidation sites excluding steroid dienone is 1. The van der Waals surface area contributed by atoms with Crippen LogP contribution in [0.2, 0.25) is 0 Å².